The molecule has 0 unspecified atom stereocenters. The molecule has 0 aromatic heterocycles. The van der Waals surface area contributed by atoms with Gasteiger partial charge in [0.1, 0.15) is 5.82 Å². The fraction of sp³-hybridized carbons (Fsp3) is 0.263. The van der Waals surface area contributed by atoms with Crippen LogP contribution in [0, 0.1) is 5.82 Å². The number of nitrogens with one attached hydrogen (secondary N) is 1. The molecule has 0 atom stereocenters. The van der Waals surface area contributed by atoms with Crippen LogP contribution in [0.1, 0.15) is 28.8 Å². The van der Waals surface area contributed by atoms with Gasteiger partial charge in [0.2, 0.25) is 11.8 Å². The molecule has 6 heteroatoms. The van der Waals surface area contributed by atoms with Crippen molar-refractivity contribution in [1.82, 2.24) is 0 Å². The number of carbonyl (C=O) groups excluding carboxylic acids is 2. The molecule has 1 heterocycles. The van der Waals surface area contributed by atoms with Gasteiger partial charge in [0.05, 0.1) is 17.8 Å². The molecule has 0 aliphatic carbocycles. The van der Waals surface area contributed by atoms with Crippen LogP contribution in [0.3, 0.4) is 0 Å². The highest BCUT2D eigenvalue weighted by atomic mass is 19.1. The molecule has 1 saturated heterocycles. The Hall–Kier alpha value is -2.89. The molecule has 1 aliphatic rings. The molecule has 3 rings (SSSR count). The molecule has 2 amide bonds. The van der Waals surface area contributed by atoms with Gasteiger partial charge >= 0.3 is 0 Å². The average molecular weight is 341 g/mol. The van der Waals surface area contributed by atoms with Crippen molar-refractivity contribution in [2.75, 3.05) is 23.3 Å². The average Bonchev–Trinajstić information content (AvgIpc) is 3.11. The minimum absolute atomic E-state index is 0.126. The number of halogens is 1. The Morgan fingerprint density at radius 3 is 2.40 bits per heavy atom. The third-order valence-electron chi connectivity index (χ3n) is 4.28. The van der Waals surface area contributed by atoms with Gasteiger partial charge in [0.25, 0.3) is 0 Å². The third-order valence-corrected chi connectivity index (χ3v) is 4.28. The van der Waals surface area contributed by atoms with Crippen molar-refractivity contribution < 1.29 is 14.0 Å². The summed E-state index contributed by atoms with van der Waals surface area (Å²) in [6.07, 6.45) is 2.32. The maximum Gasteiger partial charge on any atom is 0.248 e. The SMILES string of the molecule is NC(=O)c1ccc(N2CCCC2)c(NC(=O)Cc2ccc(F)cc2)c1. The zero-order valence-electron chi connectivity index (χ0n) is 13.8. The number of carbonyl (C=O) groups is 2. The highest BCUT2D eigenvalue weighted by molar-refractivity contribution is 5.99. The van der Waals surface area contributed by atoms with Gasteiger partial charge in [-0.1, -0.05) is 12.1 Å². The summed E-state index contributed by atoms with van der Waals surface area (Å²) in [6.45, 7) is 1.83. The number of nitrogens with zero attached hydrogens (tertiary/aromatic N) is 1. The van der Waals surface area contributed by atoms with E-state index in [1.165, 1.54) is 12.1 Å². The van der Waals surface area contributed by atoms with E-state index in [1.54, 1.807) is 24.3 Å². The molecule has 2 aromatic rings. The summed E-state index contributed by atoms with van der Waals surface area (Å²) in [5.41, 5.74) is 7.88. The molecule has 2 aromatic carbocycles. The molecule has 3 N–H and O–H groups in total. The first-order valence-corrected chi connectivity index (χ1v) is 8.26. The topological polar surface area (TPSA) is 75.4 Å². The number of hydrogen-bond donors (Lipinski definition) is 2. The lowest BCUT2D eigenvalue weighted by molar-refractivity contribution is -0.115. The number of amides is 2. The van der Waals surface area contributed by atoms with Crippen LogP contribution in [0.4, 0.5) is 15.8 Å². The fourth-order valence-corrected chi connectivity index (χ4v) is 3.01. The zero-order valence-corrected chi connectivity index (χ0v) is 13.8. The van der Waals surface area contributed by atoms with Crippen LogP contribution in [-0.4, -0.2) is 24.9 Å². The Labute approximate surface area is 145 Å². The van der Waals surface area contributed by atoms with Crippen LogP contribution in [0.5, 0.6) is 0 Å². The largest absolute Gasteiger partial charge is 0.370 e. The number of primary amides is 1. The highest BCUT2D eigenvalue weighted by Gasteiger charge is 2.18. The van der Waals surface area contributed by atoms with Gasteiger partial charge in [0, 0.05) is 18.7 Å². The lowest BCUT2D eigenvalue weighted by atomic mass is 10.1. The number of anilines is 2. The molecule has 130 valence electrons. The summed E-state index contributed by atoms with van der Waals surface area (Å²) in [5, 5.41) is 2.86. The molecule has 5 nitrogen and oxygen atoms in total. The molecule has 0 spiro atoms. The minimum atomic E-state index is -0.540. The van der Waals surface area contributed by atoms with Crippen molar-refractivity contribution in [2.24, 2.45) is 5.73 Å². The second-order valence-electron chi connectivity index (χ2n) is 6.14. The van der Waals surface area contributed by atoms with E-state index >= 15 is 0 Å². The summed E-state index contributed by atoms with van der Waals surface area (Å²) in [4.78, 5) is 26.0. The van der Waals surface area contributed by atoms with Crippen molar-refractivity contribution >= 4 is 23.2 Å². The molecule has 1 aliphatic heterocycles. The minimum Gasteiger partial charge on any atom is -0.370 e. The van der Waals surface area contributed by atoms with Gasteiger partial charge in [-0.2, -0.15) is 0 Å². The van der Waals surface area contributed by atoms with E-state index in [0.717, 1.165) is 31.6 Å². The molecule has 0 bridgehead atoms. The van der Waals surface area contributed by atoms with Crippen LogP contribution >= 0.6 is 0 Å². The van der Waals surface area contributed by atoms with E-state index in [0.29, 0.717) is 16.8 Å². The molecule has 1 fully saturated rings. The first-order valence-electron chi connectivity index (χ1n) is 8.26. The standard InChI is InChI=1S/C19H20FN3O2/c20-15-6-3-13(4-7-15)11-18(24)22-16-12-14(19(21)25)5-8-17(16)23-9-1-2-10-23/h3-8,12H,1-2,9-11H2,(H2,21,25)(H,22,24). The van der Waals surface area contributed by atoms with E-state index in [-0.39, 0.29) is 18.1 Å². The quantitative estimate of drug-likeness (QED) is 0.878. The van der Waals surface area contributed by atoms with Crippen molar-refractivity contribution in [3.8, 4) is 0 Å². The Kier molecular flexibility index (Phi) is 4.97. The number of nitrogens with two attached hydrogens (primary N) is 1. The van der Waals surface area contributed by atoms with Crippen LogP contribution in [0.2, 0.25) is 0 Å². The van der Waals surface area contributed by atoms with Crippen LogP contribution in [0.25, 0.3) is 0 Å². The van der Waals surface area contributed by atoms with E-state index in [2.05, 4.69) is 10.2 Å². The Morgan fingerprint density at radius 2 is 1.76 bits per heavy atom. The smallest absolute Gasteiger partial charge is 0.248 e. The maximum atomic E-state index is 13.0. The van der Waals surface area contributed by atoms with Crippen LogP contribution in [0.15, 0.2) is 42.5 Å². The zero-order chi connectivity index (χ0) is 17.8. The predicted octanol–water partition coefficient (Wildman–Crippen LogP) is 2.71. The summed E-state index contributed by atoms with van der Waals surface area (Å²) < 4.78 is 13.0. The van der Waals surface area contributed by atoms with Crippen molar-refractivity contribution in [3.63, 3.8) is 0 Å². The second kappa shape index (κ2) is 7.34. The van der Waals surface area contributed by atoms with Crippen molar-refractivity contribution in [1.29, 1.82) is 0 Å². The van der Waals surface area contributed by atoms with Gasteiger partial charge in [-0.25, -0.2) is 4.39 Å². The Morgan fingerprint density at radius 1 is 1.08 bits per heavy atom. The second-order valence-corrected chi connectivity index (χ2v) is 6.14. The maximum absolute atomic E-state index is 13.0. The van der Waals surface area contributed by atoms with Crippen molar-refractivity contribution in [3.05, 3.63) is 59.4 Å². The summed E-state index contributed by atoms with van der Waals surface area (Å²) >= 11 is 0. The first-order chi connectivity index (χ1) is 12.0. The number of rotatable bonds is 5. The molecular weight excluding hydrogens is 321 g/mol. The van der Waals surface area contributed by atoms with Gasteiger partial charge in [-0.3, -0.25) is 9.59 Å². The molecule has 25 heavy (non-hydrogen) atoms. The summed E-state index contributed by atoms with van der Waals surface area (Å²) in [5.74, 6) is -1.11. The van der Waals surface area contributed by atoms with E-state index in [1.807, 2.05) is 6.07 Å². The summed E-state index contributed by atoms with van der Waals surface area (Å²) in [6, 6.07) is 10.9. The van der Waals surface area contributed by atoms with Gasteiger partial charge < -0.3 is 16.0 Å². The Balaban J connectivity index is 1.80. The third kappa shape index (κ3) is 4.15. The fourth-order valence-electron chi connectivity index (χ4n) is 3.01. The highest BCUT2D eigenvalue weighted by Crippen LogP contribution is 2.30. The van der Waals surface area contributed by atoms with E-state index < -0.39 is 5.91 Å². The van der Waals surface area contributed by atoms with Gasteiger partial charge in [0.15, 0.2) is 0 Å². The first kappa shape index (κ1) is 17.0. The summed E-state index contributed by atoms with van der Waals surface area (Å²) in [7, 11) is 0. The van der Waals surface area contributed by atoms with Crippen LogP contribution in [-0.2, 0) is 11.2 Å². The normalized spacial score (nSPS) is 13.7. The van der Waals surface area contributed by atoms with Gasteiger partial charge in [-0.15, -0.1) is 0 Å². The lowest BCUT2D eigenvalue weighted by Crippen LogP contribution is -2.22. The van der Waals surface area contributed by atoms with Crippen LogP contribution < -0.4 is 16.0 Å². The molecule has 0 saturated carbocycles. The number of hydrogen-bond acceptors (Lipinski definition) is 3. The van der Waals surface area contributed by atoms with Crippen molar-refractivity contribution in [2.45, 2.75) is 19.3 Å². The van der Waals surface area contributed by atoms with E-state index in [4.69, 9.17) is 5.73 Å². The Bertz CT molecular complexity index is 784. The molecular formula is C19H20FN3O2. The van der Waals surface area contributed by atoms with Gasteiger partial charge in [-0.05, 0) is 48.7 Å². The predicted molar refractivity (Wildman–Crippen MR) is 95.1 cm³/mol. The number of benzene rings is 2. The monoisotopic (exact) mass is 341 g/mol. The van der Waals surface area contributed by atoms with E-state index in [9.17, 15) is 14.0 Å². The lowest BCUT2D eigenvalue weighted by Gasteiger charge is -2.22. The molecule has 0 radical (unpaired) electrons.